The van der Waals surface area contributed by atoms with Gasteiger partial charge < -0.3 is 10.1 Å². The second-order valence-corrected chi connectivity index (χ2v) is 7.39. The fourth-order valence-electron chi connectivity index (χ4n) is 3.29. The summed E-state index contributed by atoms with van der Waals surface area (Å²) in [5, 5.41) is 5.20. The Morgan fingerprint density at radius 3 is 2.36 bits per heavy atom. The molecule has 0 aromatic heterocycles. The molecule has 0 spiro atoms. The number of imide groups is 1. The van der Waals surface area contributed by atoms with Crippen LogP contribution in [-0.4, -0.2) is 30.1 Å². The van der Waals surface area contributed by atoms with Gasteiger partial charge in [0, 0.05) is 18.9 Å². The van der Waals surface area contributed by atoms with Crippen molar-refractivity contribution in [2.75, 3.05) is 6.54 Å². The van der Waals surface area contributed by atoms with E-state index >= 15 is 0 Å². The Kier molecular flexibility index (Phi) is 5.08. The minimum absolute atomic E-state index is 0.111. The van der Waals surface area contributed by atoms with Crippen LogP contribution in [0.5, 0.6) is 0 Å². The lowest BCUT2D eigenvalue weighted by molar-refractivity contribution is -0.126. The number of ether oxygens (including phenoxy) is 1. The van der Waals surface area contributed by atoms with E-state index in [1.54, 1.807) is 0 Å². The summed E-state index contributed by atoms with van der Waals surface area (Å²) in [5.74, 6) is 0.310. The maximum absolute atomic E-state index is 11.7. The first-order valence-corrected chi connectivity index (χ1v) is 8.05. The lowest BCUT2D eigenvalue weighted by Crippen LogP contribution is -2.37. The average Bonchev–Trinajstić information content (AvgIpc) is 2.74. The monoisotopic (exact) mass is 310 g/mol. The van der Waals surface area contributed by atoms with Gasteiger partial charge in [-0.05, 0) is 58.3 Å². The molecule has 22 heavy (non-hydrogen) atoms. The Balaban J connectivity index is 1.70. The van der Waals surface area contributed by atoms with Gasteiger partial charge in [0.1, 0.15) is 5.60 Å². The summed E-state index contributed by atoms with van der Waals surface area (Å²) in [6.45, 7) is 6.13. The van der Waals surface area contributed by atoms with E-state index in [0.29, 0.717) is 24.8 Å². The van der Waals surface area contributed by atoms with Crippen molar-refractivity contribution >= 4 is 17.9 Å². The molecule has 2 rings (SSSR count). The smallest absolute Gasteiger partial charge is 0.407 e. The molecule has 1 atom stereocenters. The van der Waals surface area contributed by atoms with Crippen LogP contribution in [0.3, 0.4) is 0 Å². The maximum atomic E-state index is 11.7. The van der Waals surface area contributed by atoms with Gasteiger partial charge >= 0.3 is 6.09 Å². The summed E-state index contributed by atoms with van der Waals surface area (Å²) < 4.78 is 5.22. The van der Waals surface area contributed by atoms with E-state index in [-0.39, 0.29) is 23.8 Å². The molecule has 0 aromatic rings. The first kappa shape index (κ1) is 16.8. The van der Waals surface area contributed by atoms with E-state index in [4.69, 9.17) is 4.74 Å². The number of alkyl carbamates (subject to hydrolysis) is 1. The number of rotatable bonds is 3. The molecule has 6 nitrogen and oxygen atoms in total. The van der Waals surface area contributed by atoms with Crippen LogP contribution in [0.2, 0.25) is 0 Å². The first-order chi connectivity index (χ1) is 10.2. The number of hydrogen-bond acceptors (Lipinski definition) is 4. The van der Waals surface area contributed by atoms with Gasteiger partial charge in [-0.15, -0.1) is 0 Å². The highest BCUT2D eigenvalue weighted by atomic mass is 16.6. The van der Waals surface area contributed by atoms with Crippen LogP contribution < -0.4 is 10.6 Å². The van der Waals surface area contributed by atoms with Gasteiger partial charge in [-0.1, -0.05) is 0 Å². The van der Waals surface area contributed by atoms with E-state index < -0.39 is 5.60 Å². The average molecular weight is 310 g/mol. The third-order valence-electron chi connectivity index (χ3n) is 4.40. The van der Waals surface area contributed by atoms with Crippen molar-refractivity contribution < 1.29 is 19.1 Å². The summed E-state index contributed by atoms with van der Waals surface area (Å²) >= 11 is 0. The van der Waals surface area contributed by atoms with Crippen molar-refractivity contribution in [3.63, 3.8) is 0 Å². The third-order valence-corrected chi connectivity index (χ3v) is 4.40. The highest BCUT2D eigenvalue weighted by Crippen LogP contribution is 2.36. The van der Waals surface area contributed by atoms with Crippen molar-refractivity contribution in [2.45, 2.75) is 58.5 Å². The largest absolute Gasteiger partial charge is 0.444 e. The Hall–Kier alpha value is -1.59. The molecule has 2 aliphatic rings. The molecule has 0 bridgehead atoms. The lowest BCUT2D eigenvalue weighted by Gasteiger charge is -2.31. The van der Waals surface area contributed by atoms with Gasteiger partial charge in [0.2, 0.25) is 11.8 Å². The van der Waals surface area contributed by atoms with E-state index in [2.05, 4.69) is 10.6 Å². The molecule has 1 saturated carbocycles. The Morgan fingerprint density at radius 1 is 1.23 bits per heavy atom. The minimum Gasteiger partial charge on any atom is -0.444 e. The molecule has 2 N–H and O–H groups in total. The van der Waals surface area contributed by atoms with Crippen molar-refractivity contribution in [2.24, 2.45) is 17.8 Å². The molecule has 124 valence electrons. The summed E-state index contributed by atoms with van der Waals surface area (Å²) in [4.78, 5) is 34.6. The molecule has 0 aromatic carbocycles. The van der Waals surface area contributed by atoms with Gasteiger partial charge in [0.15, 0.2) is 0 Å². The molecular weight excluding hydrogens is 284 g/mol. The van der Waals surface area contributed by atoms with Gasteiger partial charge in [0.25, 0.3) is 0 Å². The van der Waals surface area contributed by atoms with Crippen LogP contribution in [-0.2, 0) is 14.3 Å². The summed E-state index contributed by atoms with van der Waals surface area (Å²) in [6.07, 6.45) is 3.77. The molecule has 1 heterocycles. The van der Waals surface area contributed by atoms with Crippen LogP contribution in [0.4, 0.5) is 4.79 Å². The highest BCUT2D eigenvalue weighted by molar-refractivity contribution is 6.03. The summed E-state index contributed by atoms with van der Waals surface area (Å²) in [7, 11) is 0. The topological polar surface area (TPSA) is 84.5 Å². The predicted molar refractivity (Wildman–Crippen MR) is 80.9 cm³/mol. The van der Waals surface area contributed by atoms with E-state index in [1.165, 1.54) is 0 Å². The van der Waals surface area contributed by atoms with Gasteiger partial charge in [-0.3, -0.25) is 14.9 Å². The quantitative estimate of drug-likeness (QED) is 0.781. The standard InChI is InChI=1S/C16H26N2O4/c1-16(2,3)22-15(21)17-9-10-4-6-11(7-5-10)12-8-13(19)18-14(12)20/h10-12H,4-9H2,1-3H3,(H,17,21)(H,18,19,20). The Morgan fingerprint density at radius 2 is 1.86 bits per heavy atom. The lowest BCUT2D eigenvalue weighted by atomic mass is 9.75. The van der Waals surface area contributed by atoms with Crippen molar-refractivity contribution in [1.29, 1.82) is 0 Å². The van der Waals surface area contributed by atoms with Crippen LogP contribution >= 0.6 is 0 Å². The number of nitrogens with one attached hydrogen (secondary N) is 2. The summed E-state index contributed by atoms with van der Waals surface area (Å²) in [6, 6.07) is 0. The molecule has 6 heteroatoms. The molecule has 0 radical (unpaired) electrons. The third kappa shape index (κ3) is 4.71. The minimum atomic E-state index is -0.482. The summed E-state index contributed by atoms with van der Waals surface area (Å²) in [5.41, 5.74) is -0.482. The van der Waals surface area contributed by atoms with Crippen molar-refractivity contribution in [3.05, 3.63) is 0 Å². The van der Waals surface area contributed by atoms with E-state index in [1.807, 2.05) is 20.8 Å². The van der Waals surface area contributed by atoms with Crippen LogP contribution in [0.1, 0.15) is 52.9 Å². The molecule has 2 fully saturated rings. The normalized spacial score (nSPS) is 29.1. The molecule has 1 unspecified atom stereocenters. The first-order valence-electron chi connectivity index (χ1n) is 8.05. The van der Waals surface area contributed by atoms with E-state index in [0.717, 1.165) is 25.7 Å². The highest BCUT2D eigenvalue weighted by Gasteiger charge is 2.38. The number of carbonyl (C=O) groups is 3. The molecule has 1 aliphatic heterocycles. The Labute approximate surface area is 131 Å². The molecular formula is C16H26N2O4. The predicted octanol–water partition coefficient (Wildman–Crippen LogP) is 1.98. The fraction of sp³-hybridized carbons (Fsp3) is 0.812. The van der Waals surface area contributed by atoms with Crippen LogP contribution in [0.15, 0.2) is 0 Å². The molecule has 3 amide bonds. The second-order valence-electron chi connectivity index (χ2n) is 7.39. The van der Waals surface area contributed by atoms with Gasteiger partial charge in [-0.2, -0.15) is 0 Å². The fourth-order valence-corrected chi connectivity index (χ4v) is 3.29. The van der Waals surface area contributed by atoms with Gasteiger partial charge in [0.05, 0.1) is 0 Å². The zero-order chi connectivity index (χ0) is 16.3. The van der Waals surface area contributed by atoms with Crippen LogP contribution in [0.25, 0.3) is 0 Å². The van der Waals surface area contributed by atoms with E-state index in [9.17, 15) is 14.4 Å². The number of hydrogen-bond donors (Lipinski definition) is 2. The zero-order valence-electron chi connectivity index (χ0n) is 13.6. The molecule has 1 aliphatic carbocycles. The number of amides is 3. The maximum Gasteiger partial charge on any atom is 0.407 e. The van der Waals surface area contributed by atoms with Crippen molar-refractivity contribution in [1.82, 2.24) is 10.6 Å². The van der Waals surface area contributed by atoms with Crippen LogP contribution in [0, 0.1) is 17.8 Å². The van der Waals surface area contributed by atoms with Crippen molar-refractivity contribution in [3.8, 4) is 0 Å². The van der Waals surface area contributed by atoms with Gasteiger partial charge in [-0.25, -0.2) is 4.79 Å². The second kappa shape index (κ2) is 6.67. The number of carbonyl (C=O) groups excluding carboxylic acids is 3. The molecule has 1 saturated heterocycles. The SMILES string of the molecule is CC(C)(C)OC(=O)NCC1CCC(C2CC(=O)NC2=O)CC1. The Bertz CT molecular complexity index is 448. The zero-order valence-corrected chi connectivity index (χ0v) is 13.6.